The average molecular weight is 660 g/mol. The van der Waals surface area contributed by atoms with Crippen LogP contribution in [0.4, 0.5) is 0 Å². The summed E-state index contributed by atoms with van der Waals surface area (Å²) in [5, 5.41) is 5.93. The predicted molar refractivity (Wildman–Crippen MR) is 181 cm³/mol. The van der Waals surface area contributed by atoms with E-state index in [9.17, 15) is 0 Å². The van der Waals surface area contributed by atoms with Gasteiger partial charge in [-0.3, -0.25) is 0 Å². The first-order valence-electron chi connectivity index (χ1n) is 16.2. The first-order valence-corrected chi connectivity index (χ1v) is 21.1. The molecule has 0 amide bonds. The molecule has 4 heteroatoms. The van der Waals surface area contributed by atoms with Crippen LogP contribution in [0.3, 0.4) is 0 Å². The summed E-state index contributed by atoms with van der Waals surface area (Å²) in [6.45, 7) is 18.1. The molecule has 0 heterocycles. The van der Waals surface area contributed by atoms with Gasteiger partial charge in [0.2, 0.25) is 0 Å². The van der Waals surface area contributed by atoms with Crippen molar-refractivity contribution in [2.75, 3.05) is 0 Å². The zero-order chi connectivity index (χ0) is 29.5. The molecule has 0 bridgehead atoms. The van der Waals surface area contributed by atoms with Gasteiger partial charge in [-0.1, -0.05) is 114 Å². The minimum Gasteiger partial charge on any atom is -1.00 e. The molecule has 0 spiro atoms. The molecule has 0 atom stereocenters. The molecule has 232 valence electrons. The van der Waals surface area contributed by atoms with Gasteiger partial charge in [0.15, 0.2) is 0 Å². The molecule has 0 fully saturated rings. The summed E-state index contributed by atoms with van der Waals surface area (Å²) in [5.74, 6) is 0. The fourth-order valence-corrected chi connectivity index (χ4v) is 5.74. The predicted octanol–water partition coefficient (Wildman–Crippen LogP) is 5.62. The van der Waals surface area contributed by atoms with E-state index in [1.54, 1.807) is 11.1 Å². The summed E-state index contributed by atoms with van der Waals surface area (Å²) in [7, 11) is 0. The van der Waals surface area contributed by atoms with Crippen molar-refractivity contribution < 1.29 is 44.0 Å². The Balaban J connectivity index is 0.000000682. The third kappa shape index (κ3) is 13.4. The minimum atomic E-state index is 0. The number of fused-ring (bicyclic) bond motifs is 2. The summed E-state index contributed by atoms with van der Waals surface area (Å²) >= 11 is 2.27. The monoisotopic (exact) mass is 658 g/mol. The van der Waals surface area contributed by atoms with E-state index in [0.29, 0.717) is 0 Å². The van der Waals surface area contributed by atoms with Crippen LogP contribution in [0.5, 0.6) is 0 Å². The van der Waals surface area contributed by atoms with Crippen LogP contribution < -0.4 is 24.8 Å². The van der Waals surface area contributed by atoms with Gasteiger partial charge in [0.1, 0.15) is 0 Å². The summed E-state index contributed by atoms with van der Waals surface area (Å²) in [5.41, 5.74) is 9.17. The molecule has 0 aliphatic carbocycles. The maximum absolute atomic E-state index is 2.44. The molecule has 0 N–H and O–H groups in total. The molecule has 4 rings (SSSR count). The molecule has 0 unspecified atom stereocenters. The molecule has 0 aliphatic heterocycles. The van der Waals surface area contributed by atoms with Crippen molar-refractivity contribution in [3.8, 4) is 0 Å². The van der Waals surface area contributed by atoms with Crippen LogP contribution >= 0.6 is 0 Å². The van der Waals surface area contributed by atoms with E-state index in [4.69, 9.17) is 0 Å². The summed E-state index contributed by atoms with van der Waals surface area (Å²) in [6, 6.07) is 19.3. The van der Waals surface area contributed by atoms with Gasteiger partial charge in [0.05, 0.1) is 0 Å². The molecule has 4 aromatic carbocycles. The minimum absolute atomic E-state index is 0. The number of benzene rings is 2. The Labute approximate surface area is 283 Å². The molecule has 0 saturated carbocycles. The van der Waals surface area contributed by atoms with Gasteiger partial charge in [-0.05, 0) is 38.5 Å². The fraction of sp³-hybridized carbons (Fsp3) is 0.526. The summed E-state index contributed by atoms with van der Waals surface area (Å²) < 4.78 is 0. The van der Waals surface area contributed by atoms with Crippen molar-refractivity contribution in [1.29, 1.82) is 0 Å². The first-order chi connectivity index (χ1) is 19.3. The Hall–Kier alpha value is -0.829. The molecule has 0 saturated heterocycles. The van der Waals surface area contributed by atoms with Crippen LogP contribution in [0.1, 0.15) is 113 Å². The number of rotatable bonds is 12. The van der Waals surface area contributed by atoms with E-state index in [1.807, 2.05) is 0 Å². The normalized spacial score (nSPS) is 10.3. The van der Waals surface area contributed by atoms with Gasteiger partial charge in [0, 0.05) is 0 Å². The zero-order valence-corrected chi connectivity index (χ0v) is 31.9. The van der Waals surface area contributed by atoms with Crippen molar-refractivity contribution in [3.63, 3.8) is 0 Å². The molecule has 4 aromatic rings. The second-order valence-corrected chi connectivity index (χ2v) is 18.4. The van der Waals surface area contributed by atoms with Crippen molar-refractivity contribution >= 4 is 27.7 Å². The number of hydrogen-bond donors (Lipinski definition) is 0. The van der Waals surface area contributed by atoms with Crippen molar-refractivity contribution in [2.24, 2.45) is 0 Å². The van der Waals surface area contributed by atoms with Gasteiger partial charge >= 0.3 is 38.5 Å². The van der Waals surface area contributed by atoms with Crippen LogP contribution in [0.15, 0.2) is 48.5 Å². The Bertz CT molecular complexity index is 1210. The fourth-order valence-electron chi connectivity index (χ4n) is 5.74. The Morgan fingerprint density at radius 3 is 1.10 bits per heavy atom. The number of aryl methyl sites for hydroxylation is 6. The van der Waals surface area contributed by atoms with E-state index < -0.39 is 0 Å². The number of hydrogen-bond acceptors (Lipinski definition) is 0. The third-order valence-electron chi connectivity index (χ3n) is 7.25. The van der Waals surface area contributed by atoms with Crippen LogP contribution in [0, 0.1) is 0 Å². The first kappa shape index (κ1) is 41.2. The van der Waals surface area contributed by atoms with Gasteiger partial charge in [-0.25, -0.2) is 0 Å². The van der Waals surface area contributed by atoms with Crippen molar-refractivity contribution in [3.05, 3.63) is 81.9 Å². The van der Waals surface area contributed by atoms with Crippen LogP contribution in [0.25, 0.3) is 21.5 Å². The standard InChI is InChI=1S/2C18H25.C2H6Si.2ClH.Ti/c2*1-4-7-14-10-16(9-6-3)18-13-15(8-5-2)12-17(18)11-14;1-3-2;;;/h2*10-13H,4-9H2,1-3H3;1-2H3;2*1H;/q2*-1;;;;+2/p-2. The summed E-state index contributed by atoms with van der Waals surface area (Å²) in [6.07, 6.45) is 14.8. The van der Waals surface area contributed by atoms with E-state index in [1.165, 1.54) is 121 Å². The smallest absolute Gasteiger partial charge is 1.00 e. The molecule has 42 heavy (non-hydrogen) atoms. The zero-order valence-electron chi connectivity index (χ0n) is 27.9. The largest absolute Gasteiger partial charge is 1.00 e. The maximum Gasteiger partial charge on any atom is -1.00 e. The van der Waals surface area contributed by atoms with Crippen LogP contribution in [-0.4, -0.2) is 6.19 Å². The molecule has 0 radical (unpaired) electrons. The Morgan fingerprint density at radius 2 is 0.810 bits per heavy atom. The maximum atomic E-state index is 2.44. The number of halogens is 2. The van der Waals surface area contributed by atoms with E-state index in [0.717, 1.165) is 0 Å². The van der Waals surface area contributed by atoms with E-state index >= 15 is 0 Å². The van der Waals surface area contributed by atoms with Gasteiger partial charge in [-0.2, -0.15) is 12.1 Å². The van der Waals surface area contributed by atoms with Gasteiger partial charge in [0.25, 0.3) is 0 Å². The Kier molecular flexibility index (Phi) is 22.2. The second kappa shape index (κ2) is 22.6. The van der Waals surface area contributed by atoms with Gasteiger partial charge < -0.3 is 24.8 Å². The van der Waals surface area contributed by atoms with E-state index in [-0.39, 0.29) is 31.0 Å². The third-order valence-corrected chi connectivity index (χ3v) is 7.25. The Morgan fingerprint density at radius 1 is 0.500 bits per heavy atom. The van der Waals surface area contributed by atoms with Crippen molar-refractivity contribution in [2.45, 2.75) is 132 Å². The average Bonchev–Trinajstić information content (AvgIpc) is 3.49. The molecular formula is C38H56Cl2SiTi-2. The topological polar surface area (TPSA) is 0 Å². The van der Waals surface area contributed by atoms with Crippen LogP contribution in [0.2, 0.25) is 13.1 Å². The van der Waals surface area contributed by atoms with Crippen molar-refractivity contribution in [1.82, 2.24) is 0 Å². The second-order valence-electron chi connectivity index (χ2n) is 11.7. The molecule has 0 nitrogen and oxygen atoms in total. The molecule has 0 aromatic heterocycles. The molecular weight excluding hydrogens is 603 g/mol. The quantitative estimate of drug-likeness (QED) is 0.137. The van der Waals surface area contributed by atoms with E-state index in [2.05, 4.69) is 122 Å². The molecule has 0 aliphatic rings. The van der Waals surface area contributed by atoms with Crippen LogP contribution in [-0.2, 0) is 57.7 Å². The van der Waals surface area contributed by atoms with Gasteiger partial charge in [-0.15, -0.1) is 56.9 Å². The summed E-state index contributed by atoms with van der Waals surface area (Å²) in [4.78, 5) is 0. The SMILES string of the molecule is CCCc1cc(CCC)c2cc(CCC)[cH-]c2c1.CCCc1cc(CCC)c2cc(CCC)[cH-]c2c1.C[Si](C)=[Ti+2].[Cl-].[Cl-].